The number of rotatable bonds is 8. The molecule has 1 aromatic rings. The molecular weight excluding hydrogens is 388 g/mol. The van der Waals surface area contributed by atoms with Crippen LogP contribution in [0.15, 0.2) is 18.2 Å². The fraction of sp³-hybridized carbons (Fsp3) is 0.632. The molecule has 1 aliphatic carbocycles. The van der Waals surface area contributed by atoms with Crippen molar-refractivity contribution in [2.75, 3.05) is 23.9 Å². The molecule has 1 unspecified atom stereocenters. The third-order valence-electron chi connectivity index (χ3n) is 4.79. The van der Waals surface area contributed by atoms with Crippen LogP contribution in [0, 0.1) is 12.8 Å². The molecule has 3 N–H and O–H groups in total. The van der Waals surface area contributed by atoms with E-state index in [4.69, 9.17) is 10.5 Å². The maximum atomic E-state index is 12.2. The van der Waals surface area contributed by atoms with Crippen LogP contribution in [0.25, 0.3) is 0 Å². The van der Waals surface area contributed by atoms with E-state index in [1.165, 1.54) is 32.1 Å². The standard InChI is InChI=1S/C19H30N2O4S.ClH/c1-14-8-9-16(21-19(22)17(20)10-11-26(2,23)24)12-18(14)25-13-15-6-4-3-5-7-15;/h8-9,12,15,17H,3-7,10-11,13,20H2,1-2H3,(H,21,22);1H. The summed E-state index contributed by atoms with van der Waals surface area (Å²) >= 11 is 0. The number of halogens is 1. The van der Waals surface area contributed by atoms with Gasteiger partial charge in [0.25, 0.3) is 0 Å². The Balaban J connectivity index is 0.00000364. The molecule has 1 atom stereocenters. The molecule has 0 spiro atoms. The van der Waals surface area contributed by atoms with Gasteiger partial charge in [0.05, 0.1) is 18.4 Å². The molecule has 0 bridgehead atoms. The minimum atomic E-state index is -3.14. The predicted octanol–water partition coefficient (Wildman–Crippen LogP) is 3.08. The zero-order valence-corrected chi connectivity index (χ0v) is 17.7. The zero-order valence-electron chi connectivity index (χ0n) is 16.1. The van der Waals surface area contributed by atoms with Gasteiger partial charge in [0, 0.05) is 18.0 Å². The molecule has 2 rings (SSSR count). The van der Waals surface area contributed by atoms with E-state index in [9.17, 15) is 13.2 Å². The van der Waals surface area contributed by atoms with Gasteiger partial charge in [-0.1, -0.05) is 25.3 Å². The Hall–Kier alpha value is -1.31. The summed E-state index contributed by atoms with van der Waals surface area (Å²) in [6, 6.07) is 4.63. The third-order valence-corrected chi connectivity index (χ3v) is 5.77. The monoisotopic (exact) mass is 418 g/mol. The van der Waals surface area contributed by atoms with Gasteiger partial charge < -0.3 is 15.8 Å². The van der Waals surface area contributed by atoms with Gasteiger partial charge in [-0.05, 0) is 43.7 Å². The number of anilines is 1. The molecule has 8 heteroatoms. The van der Waals surface area contributed by atoms with Gasteiger partial charge in [-0.2, -0.15) is 0 Å². The van der Waals surface area contributed by atoms with E-state index in [0.29, 0.717) is 18.2 Å². The highest BCUT2D eigenvalue weighted by molar-refractivity contribution is 7.90. The first-order valence-corrected chi connectivity index (χ1v) is 11.3. The molecule has 1 aliphatic rings. The number of benzene rings is 1. The summed E-state index contributed by atoms with van der Waals surface area (Å²) in [7, 11) is -3.14. The third kappa shape index (κ3) is 8.49. The molecule has 0 aromatic heterocycles. The van der Waals surface area contributed by atoms with E-state index in [1.54, 1.807) is 12.1 Å². The molecule has 0 saturated heterocycles. The van der Waals surface area contributed by atoms with Crippen LogP contribution in [0.1, 0.15) is 44.1 Å². The summed E-state index contributed by atoms with van der Waals surface area (Å²) < 4.78 is 28.4. The summed E-state index contributed by atoms with van der Waals surface area (Å²) in [6.07, 6.45) is 7.52. The van der Waals surface area contributed by atoms with Crippen LogP contribution in [-0.4, -0.2) is 39.0 Å². The van der Waals surface area contributed by atoms with Crippen LogP contribution in [0.2, 0.25) is 0 Å². The second-order valence-electron chi connectivity index (χ2n) is 7.31. The number of hydrogen-bond acceptors (Lipinski definition) is 5. The highest BCUT2D eigenvalue weighted by Gasteiger charge is 2.17. The van der Waals surface area contributed by atoms with Crippen molar-refractivity contribution < 1.29 is 17.9 Å². The quantitative estimate of drug-likeness (QED) is 0.675. The first-order chi connectivity index (χ1) is 12.2. The predicted molar refractivity (Wildman–Crippen MR) is 111 cm³/mol. The maximum Gasteiger partial charge on any atom is 0.241 e. The van der Waals surface area contributed by atoms with Crippen molar-refractivity contribution in [2.24, 2.45) is 11.7 Å². The summed E-state index contributed by atoms with van der Waals surface area (Å²) in [6.45, 7) is 2.67. The Morgan fingerprint density at radius 3 is 2.59 bits per heavy atom. The van der Waals surface area contributed by atoms with E-state index in [0.717, 1.165) is 17.6 Å². The highest BCUT2D eigenvalue weighted by Crippen LogP contribution is 2.27. The van der Waals surface area contributed by atoms with Crippen molar-refractivity contribution in [3.8, 4) is 5.75 Å². The average molecular weight is 419 g/mol. The lowest BCUT2D eigenvalue weighted by atomic mass is 9.90. The van der Waals surface area contributed by atoms with Crippen LogP contribution in [0.3, 0.4) is 0 Å². The summed E-state index contributed by atoms with van der Waals surface area (Å²) in [5.74, 6) is 0.866. The number of hydrogen-bond donors (Lipinski definition) is 2. The number of nitrogens with two attached hydrogens (primary N) is 1. The SMILES string of the molecule is Cc1ccc(NC(=O)C(N)CCS(C)(=O)=O)cc1OCC1CCCCC1.Cl. The van der Waals surface area contributed by atoms with Gasteiger partial charge in [-0.3, -0.25) is 4.79 Å². The number of sulfone groups is 1. The molecule has 27 heavy (non-hydrogen) atoms. The van der Waals surface area contributed by atoms with Crippen molar-refractivity contribution in [1.82, 2.24) is 0 Å². The van der Waals surface area contributed by atoms with Gasteiger partial charge >= 0.3 is 0 Å². The van der Waals surface area contributed by atoms with E-state index in [2.05, 4.69) is 5.32 Å². The lowest BCUT2D eigenvalue weighted by molar-refractivity contribution is -0.117. The van der Waals surface area contributed by atoms with Gasteiger partial charge in [0.2, 0.25) is 5.91 Å². The lowest BCUT2D eigenvalue weighted by Gasteiger charge is -2.22. The first kappa shape index (κ1) is 23.7. The Bertz CT molecular complexity index is 718. The average Bonchev–Trinajstić information content (AvgIpc) is 2.60. The number of carbonyl (C=O) groups excluding carboxylic acids is 1. The van der Waals surface area contributed by atoms with Gasteiger partial charge in [-0.15, -0.1) is 12.4 Å². The van der Waals surface area contributed by atoms with Crippen molar-refractivity contribution >= 4 is 33.8 Å². The number of carbonyl (C=O) groups is 1. The Morgan fingerprint density at radius 1 is 1.30 bits per heavy atom. The summed E-state index contributed by atoms with van der Waals surface area (Å²) in [4.78, 5) is 12.2. The normalized spacial score (nSPS) is 16.3. The topological polar surface area (TPSA) is 98.5 Å². The molecule has 1 amide bonds. The van der Waals surface area contributed by atoms with Gasteiger partial charge in [0.15, 0.2) is 0 Å². The number of aryl methyl sites for hydroxylation is 1. The minimum absolute atomic E-state index is 0. The Morgan fingerprint density at radius 2 is 1.96 bits per heavy atom. The molecule has 0 heterocycles. The maximum absolute atomic E-state index is 12.2. The fourth-order valence-corrected chi connectivity index (χ4v) is 3.78. The van der Waals surface area contributed by atoms with Crippen LogP contribution in [0.4, 0.5) is 5.69 Å². The number of nitrogens with one attached hydrogen (secondary N) is 1. The van der Waals surface area contributed by atoms with Crippen molar-refractivity contribution in [2.45, 2.75) is 51.5 Å². The molecule has 1 saturated carbocycles. The van der Waals surface area contributed by atoms with Crippen molar-refractivity contribution in [1.29, 1.82) is 0 Å². The zero-order chi connectivity index (χ0) is 19.2. The molecular formula is C19H31ClN2O4S. The number of ether oxygens (including phenoxy) is 1. The Labute approximate surface area is 168 Å². The lowest BCUT2D eigenvalue weighted by Crippen LogP contribution is -2.37. The molecule has 1 aromatic carbocycles. The molecule has 0 aliphatic heterocycles. The molecule has 1 fully saturated rings. The summed E-state index contributed by atoms with van der Waals surface area (Å²) in [5, 5.41) is 2.74. The molecule has 154 valence electrons. The van der Waals surface area contributed by atoms with Crippen LogP contribution < -0.4 is 15.8 Å². The van der Waals surface area contributed by atoms with Crippen LogP contribution in [-0.2, 0) is 14.6 Å². The van der Waals surface area contributed by atoms with E-state index >= 15 is 0 Å². The van der Waals surface area contributed by atoms with Gasteiger partial charge in [0.1, 0.15) is 15.6 Å². The molecule has 0 radical (unpaired) electrons. The second kappa shape index (κ2) is 10.9. The van der Waals surface area contributed by atoms with E-state index in [-0.39, 0.29) is 24.6 Å². The fourth-order valence-electron chi connectivity index (χ4n) is 3.10. The minimum Gasteiger partial charge on any atom is -0.493 e. The summed E-state index contributed by atoms with van der Waals surface area (Å²) in [5.41, 5.74) is 7.41. The van der Waals surface area contributed by atoms with Crippen LogP contribution >= 0.6 is 12.4 Å². The second-order valence-corrected chi connectivity index (χ2v) is 9.57. The first-order valence-electron chi connectivity index (χ1n) is 9.22. The largest absolute Gasteiger partial charge is 0.493 e. The van der Waals surface area contributed by atoms with E-state index in [1.807, 2.05) is 13.0 Å². The highest BCUT2D eigenvalue weighted by atomic mass is 35.5. The van der Waals surface area contributed by atoms with Crippen molar-refractivity contribution in [3.05, 3.63) is 23.8 Å². The molecule has 6 nitrogen and oxygen atoms in total. The van der Waals surface area contributed by atoms with Crippen LogP contribution in [0.5, 0.6) is 5.75 Å². The van der Waals surface area contributed by atoms with E-state index < -0.39 is 21.8 Å². The van der Waals surface area contributed by atoms with Crippen molar-refractivity contribution in [3.63, 3.8) is 0 Å². The number of amides is 1. The Kier molecular flexibility index (Phi) is 9.56. The van der Waals surface area contributed by atoms with Gasteiger partial charge in [-0.25, -0.2) is 8.42 Å². The smallest absolute Gasteiger partial charge is 0.241 e.